The van der Waals surface area contributed by atoms with Gasteiger partial charge in [0.15, 0.2) is 0 Å². The van der Waals surface area contributed by atoms with Crippen molar-refractivity contribution >= 4 is 39.2 Å². The third kappa shape index (κ3) is 4.46. The van der Waals surface area contributed by atoms with Crippen molar-refractivity contribution in [1.82, 2.24) is 0 Å². The van der Waals surface area contributed by atoms with Gasteiger partial charge in [0.2, 0.25) is 15.9 Å². The molecule has 0 aliphatic carbocycles. The summed E-state index contributed by atoms with van der Waals surface area (Å²) in [5, 5.41) is 15.8. The molecule has 1 aromatic carbocycles. The third-order valence-electron chi connectivity index (χ3n) is 2.26. The van der Waals surface area contributed by atoms with Crippen LogP contribution in [0.3, 0.4) is 0 Å². The summed E-state index contributed by atoms with van der Waals surface area (Å²) in [5.41, 5.74) is 5.34. The Kier molecular flexibility index (Phi) is 5.06. The highest BCUT2D eigenvalue weighted by molar-refractivity contribution is 7.89. The van der Waals surface area contributed by atoms with E-state index in [9.17, 15) is 18.0 Å². The van der Waals surface area contributed by atoms with Crippen LogP contribution in [0.25, 0.3) is 0 Å². The van der Waals surface area contributed by atoms with Crippen molar-refractivity contribution in [2.75, 3.05) is 5.32 Å². The molecule has 0 saturated heterocycles. The second-order valence-electron chi connectivity index (χ2n) is 3.88. The second kappa shape index (κ2) is 6.18. The number of carbonyl (C=O) groups excluding carboxylic acids is 1. The van der Waals surface area contributed by atoms with Gasteiger partial charge in [0.05, 0.1) is 28.1 Å². The number of benzene rings is 1. The number of carboxylic acids is 1. The van der Waals surface area contributed by atoms with Crippen LogP contribution in [0.2, 0.25) is 5.02 Å². The molecule has 8 nitrogen and oxygen atoms in total. The van der Waals surface area contributed by atoms with Gasteiger partial charge in [0.25, 0.3) is 0 Å². The molecule has 20 heavy (non-hydrogen) atoms. The van der Waals surface area contributed by atoms with E-state index in [0.717, 1.165) is 6.07 Å². The van der Waals surface area contributed by atoms with E-state index in [1.54, 1.807) is 0 Å². The van der Waals surface area contributed by atoms with Gasteiger partial charge in [-0.15, -0.1) is 0 Å². The van der Waals surface area contributed by atoms with E-state index in [4.69, 9.17) is 27.6 Å². The van der Waals surface area contributed by atoms with E-state index in [-0.39, 0.29) is 15.6 Å². The first-order chi connectivity index (χ1) is 9.11. The SMILES string of the molecule is NC(CC(=O)O)C(=O)Nc1cc(S(N)(=O)=O)ccc1Cl. The quantitative estimate of drug-likeness (QED) is 0.585. The number of primary sulfonamides is 1. The molecule has 0 bridgehead atoms. The molecule has 0 aliphatic heterocycles. The van der Waals surface area contributed by atoms with Crippen LogP contribution in [0.1, 0.15) is 6.42 Å². The molecule has 1 aromatic rings. The zero-order valence-corrected chi connectivity index (χ0v) is 11.6. The molecule has 0 spiro atoms. The second-order valence-corrected chi connectivity index (χ2v) is 5.85. The van der Waals surface area contributed by atoms with Gasteiger partial charge in [0, 0.05) is 0 Å². The highest BCUT2D eigenvalue weighted by Gasteiger charge is 2.19. The first-order valence-electron chi connectivity index (χ1n) is 5.22. The third-order valence-corrected chi connectivity index (χ3v) is 3.50. The van der Waals surface area contributed by atoms with Crippen LogP contribution in [0.15, 0.2) is 23.1 Å². The van der Waals surface area contributed by atoms with Gasteiger partial charge < -0.3 is 16.2 Å². The number of amides is 1. The fourth-order valence-corrected chi connectivity index (χ4v) is 1.99. The summed E-state index contributed by atoms with van der Waals surface area (Å²) in [6.07, 6.45) is -0.571. The predicted octanol–water partition coefficient (Wildman–Crippen LogP) is -0.272. The Morgan fingerprint density at radius 1 is 1.40 bits per heavy atom. The molecule has 1 rings (SSSR count). The maximum Gasteiger partial charge on any atom is 0.305 e. The maximum absolute atomic E-state index is 11.6. The van der Waals surface area contributed by atoms with Gasteiger partial charge in [-0.05, 0) is 18.2 Å². The molecule has 0 saturated carbocycles. The van der Waals surface area contributed by atoms with E-state index in [1.807, 2.05) is 0 Å². The molecular formula is C10H12ClN3O5S. The minimum absolute atomic E-state index is 0.0240. The minimum Gasteiger partial charge on any atom is -0.481 e. The van der Waals surface area contributed by atoms with Crippen LogP contribution in [-0.2, 0) is 19.6 Å². The van der Waals surface area contributed by atoms with Crippen molar-refractivity contribution in [3.63, 3.8) is 0 Å². The van der Waals surface area contributed by atoms with Crippen molar-refractivity contribution in [3.05, 3.63) is 23.2 Å². The van der Waals surface area contributed by atoms with Crippen molar-refractivity contribution in [3.8, 4) is 0 Å². The Balaban J connectivity index is 2.98. The van der Waals surface area contributed by atoms with Crippen molar-refractivity contribution in [2.24, 2.45) is 10.9 Å². The standard InChI is InChI=1S/C10H12ClN3O5S/c11-6-2-1-5(20(13,18)19)3-8(6)14-10(17)7(12)4-9(15)16/h1-3,7H,4,12H2,(H,14,17)(H,15,16)(H2,13,18,19). The lowest BCUT2D eigenvalue weighted by Crippen LogP contribution is -2.37. The van der Waals surface area contributed by atoms with E-state index >= 15 is 0 Å². The normalized spacial score (nSPS) is 12.8. The van der Waals surface area contributed by atoms with Gasteiger partial charge in [-0.25, -0.2) is 13.6 Å². The Hall–Kier alpha value is -1.68. The molecular weight excluding hydrogens is 310 g/mol. The molecule has 10 heteroatoms. The topological polar surface area (TPSA) is 153 Å². The van der Waals surface area contributed by atoms with E-state index < -0.39 is 34.4 Å². The van der Waals surface area contributed by atoms with Gasteiger partial charge in [0.1, 0.15) is 0 Å². The van der Waals surface area contributed by atoms with Crippen LogP contribution >= 0.6 is 11.6 Å². The summed E-state index contributed by atoms with van der Waals surface area (Å²) in [5.74, 6) is -2.04. The molecule has 0 aliphatic rings. The van der Waals surface area contributed by atoms with Gasteiger partial charge in [-0.3, -0.25) is 9.59 Å². The lowest BCUT2D eigenvalue weighted by Gasteiger charge is -2.12. The summed E-state index contributed by atoms with van der Waals surface area (Å²) in [4.78, 5) is 21.8. The number of rotatable bonds is 5. The number of halogens is 1. The molecule has 1 atom stereocenters. The smallest absolute Gasteiger partial charge is 0.305 e. The maximum atomic E-state index is 11.6. The number of carboxylic acid groups (broad SMARTS) is 1. The number of nitrogens with two attached hydrogens (primary N) is 2. The van der Waals surface area contributed by atoms with Crippen LogP contribution in [0.5, 0.6) is 0 Å². The molecule has 0 fully saturated rings. The lowest BCUT2D eigenvalue weighted by molar-refractivity contribution is -0.138. The van der Waals surface area contributed by atoms with Crippen molar-refractivity contribution < 1.29 is 23.1 Å². The fourth-order valence-electron chi connectivity index (χ4n) is 1.28. The summed E-state index contributed by atoms with van der Waals surface area (Å²) in [6, 6.07) is 2.18. The Labute approximate surface area is 119 Å². The Bertz CT molecular complexity index is 646. The number of hydrogen-bond donors (Lipinski definition) is 4. The zero-order chi connectivity index (χ0) is 15.5. The number of hydrogen-bond acceptors (Lipinski definition) is 5. The predicted molar refractivity (Wildman–Crippen MR) is 71.7 cm³/mol. The summed E-state index contributed by atoms with van der Waals surface area (Å²) < 4.78 is 22.4. The Morgan fingerprint density at radius 3 is 2.50 bits per heavy atom. The van der Waals surface area contributed by atoms with Crippen LogP contribution in [0, 0.1) is 0 Å². The molecule has 1 amide bonds. The number of sulfonamides is 1. The minimum atomic E-state index is -3.95. The summed E-state index contributed by atoms with van der Waals surface area (Å²) in [6.45, 7) is 0. The average Bonchev–Trinajstić information content (AvgIpc) is 2.29. The van der Waals surface area contributed by atoms with E-state index in [2.05, 4.69) is 5.32 Å². The monoisotopic (exact) mass is 321 g/mol. The van der Waals surface area contributed by atoms with Gasteiger partial charge in [-0.1, -0.05) is 11.6 Å². The van der Waals surface area contributed by atoms with Crippen LogP contribution < -0.4 is 16.2 Å². The van der Waals surface area contributed by atoms with E-state index in [1.165, 1.54) is 12.1 Å². The first kappa shape index (κ1) is 16.4. The molecule has 0 aromatic heterocycles. The molecule has 1 unspecified atom stereocenters. The van der Waals surface area contributed by atoms with Crippen molar-refractivity contribution in [1.29, 1.82) is 0 Å². The first-order valence-corrected chi connectivity index (χ1v) is 7.14. The largest absolute Gasteiger partial charge is 0.481 e. The number of nitrogens with one attached hydrogen (secondary N) is 1. The zero-order valence-electron chi connectivity index (χ0n) is 10.0. The average molecular weight is 322 g/mol. The summed E-state index contributed by atoms with van der Waals surface area (Å²) in [7, 11) is -3.95. The number of aliphatic carboxylic acids is 1. The van der Waals surface area contributed by atoms with Crippen LogP contribution in [-0.4, -0.2) is 31.4 Å². The summed E-state index contributed by atoms with van der Waals surface area (Å²) >= 11 is 5.79. The number of anilines is 1. The Morgan fingerprint density at radius 2 is 2.00 bits per heavy atom. The van der Waals surface area contributed by atoms with Gasteiger partial charge in [-0.2, -0.15) is 0 Å². The fraction of sp³-hybridized carbons (Fsp3) is 0.200. The van der Waals surface area contributed by atoms with Crippen molar-refractivity contribution in [2.45, 2.75) is 17.4 Å². The molecule has 0 heterocycles. The van der Waals surface area contributed by atoms with Crippen LogP contribution in [0.4, 0.5) is 5.69 Å². The van der Waals surface area contributed by atoms with E-state index in [0.29, 0.717) is 0 Å². The lowest BCUT2D eigenvalue weighted by atomic mass is 10.2. The molecule has 6 N–H and O–H groups in total. The molecule has 0 radical (unpaired) electrons. The highest BCUT2D eigenvalue weighted by atomic mass is 35.5. The highest BCUT2D eigenvalue weighted by Crippen LogP contribution is 2.24. The van der Waals surface area contributed by atoms with Gasteiger partial charge >= 0.3 is 5.97 Å². The number of carbonyl (C=O) groups is 2. The molecule has 110 valence electrons.